The van der Waals surface area contributed by atoms with Gasteiger partial charge in [-0.25, -0.2) is 4.79 Å². The molecule has 2 rings (SSSR count). The van der Waals surface area contributed by atoms with Gasteiger partial charge < -0.3 is 10.0 Å². The lowest BCUT2D eigenvalue weighted by atomic mass is 10.2. The van der Waals surface area contributed by atoms with Gasteiger partial charge in [-0.3, -0.25) is 4.90 Å². The predicted molar refractivity (Wildman–Crippen MR) is 81.5 cm³/mol. The molecule has 0 saturated carbocycles. The first-order chi connectivity index (χ1) is 9.56. The van der Waals surface area contributed by atoms with E-state index < -0.39 is 5.97 Å². The Hall–Kier alpha value is -1.52. The molecule has 20 heavy (non-hydrogen) atoms. The summed E-state index contributed by atoms with van der Waals surface area (Å²) in [6.45, 7) is 6.21. The first kappa shape index (κ1) is 14.9. The second kappa shape index (κ2) is 6.77. The Morgan fingerprint density at radius 1 is 1.30 bits per heavy atom. The van der Waals surface area contributed by atoms with E-state index in [1.165, 1.54) is 6.08 Å². The highest BCUT2D eigenvalue weighted by Gasteiger charge is 2.18. The van der Waals surface area contributed by atoms with Gasteiger partial charge in [-0.1, -0.05) is 29.3 Å². The summed E-state index contributed by atoms with van der Waals surface area (Å²) in [5.41, 5.74) is 1.95. The number of para-hydroxylation sites is 1. The first-order valence-electron chi connectivity index (χ1n) is 6.68. The number of halogens is 1. The van der Waals surface area contributed by atoms with Crippen LogP contribution in [0.2, 0.25) is 5.02 Å². The molecule has 5 heteroatoms. The molecule has 1 aromatic rings. The van der Waals surface area contributed by atoms with Gasteiger partial charge in [0.25, 0.3) is 0 Å². The van der Waals surface area contributed by atoms with Crippen molar-refractivity contribution < 1.29 is 9.90 Å². The fourth-order valence-electron chi connectivity index (χ4n) is 2.46. The molecule has 1 aliphatic heterocycles. The van der Waals surface area contributed by atoms with E-state index in [1.54, 1.807) is 0 Å². The average molecular weight is 295 g/mol. The third-order valence-corrected chi connectivity index (χ3v) is 3.73. The summed E-state index contributed by atoms with van der Waals surface area (Å²) >= 11 is 6.21. The van der Waals surface area contributed by atoms with E-state index in [0.717, 1.165) is 42.5 Å². The van der Waals surface area contributed by atoms with Crippen molar-refractivity contribution in [1.82, 2.24) is 4.90 Å². The summed E-state index contributed by atoms with van der Waals surface area (Å²) in [6.07, 6.45) is 1.28. The number of rotatable bonds is 4. The molecule has 1 aliphatic rings. The van der Waals surface area contributed by atoms with E-state index in [1.807, 2.05) is 31.2 Å². The Balaban J connectivity index is 1.90. The minimum atomic E-state index is -0.878. The second-order valence-corrected chi connectivity index (χ2v) is 5.45. The van der Waals surface area contributed by atoms with Crippen molar-refractivity contribution in [2.24, 2.45) is 0 Å². The quantitative estimate of drug-likeness (QED) is 0.867. The number of anilines is 1. The summed E-state index contributed by atoms with van der Waals surface area (Å²) in [5, 5.41) is 9.50. The molecule has 1 fully saturated rings. The first-order valence-corrected chi connectivity index (χ1v) is 7.06. The fourth-order valence-corrected chi connectivity index (χ4v) is 2.72. The Labute approximate surface area is 124 Å². The Bertz CT molecular complexity index is 508. The van der Waals surface area contributed by atoms with Gasteiger partial charge in [0.2, 0.25) is 0 Å². The van der Waals surface area contributed by atoms with Crippen molar-refractivity contribution in [2.45, 2.75) is 6.92 Å². The molecule has 1 N–H and O–H groups in total. The number of carbonyl (C=O) groups is 1. The number of carboxylic acid groups (broad SMARTS) is 1. The van der Waals surface area contributed by atoms with Gasteiger partial charge in [-0.2, -0.15) is 0 Å². The second-order valence-electron chi connectivity index (χ2n) is 5.04. The van der Waals surface area contributed by atoms with Crippen molar-refractivity contribution >= 4 is 23.3 Å². The molecule has 0 spiro atoms. The van der Waals surface area contributed by atoms with E-state index in [4.69, 9.17) is 16.7 Å². The predicted octanol–water partition coefficient (Wildman–Crippen LogP) is 2.49. The van der Waals surface area contributed by atoms with Crippen molar-refractivity contribution in [3.05, 3.63) is 40.9 Å². The highest BCUT2D eigenvalue weighted by atomic mass is 35.5. The number of hydrogen-bond acceptors (Lipinski definition) is 3. The van der Waals surface area contributed by atoms with Gasteiger partial charge in [0.1, 0.15) is 0 Å². The van der Waals surface area contributed by atoms with Crippen LogP contribution in [0.3, 0.4) is 0 Å². The van der Waals surface area contributed by atoms with Crippen LogP contribution in [0.4, 0.5) is 5.69 Å². The van der Waals surface area contributed by atoms with Crippen LogP contribution < -0.4 is 4.90 Å². The maximum absolute atomic E-state index is 10.6. The third-order valence-electron chi connectivity index (χ3n) is 3.41. The molecule has 1 saturated heterocycles. The zero-order chi connectivity index (χ0) is 14.5. The molecule has 0 aromatic heterocycles. The van der Waals surface area contributed by atoms with Crippen LogP contribution in [-0.4, -0.2) is 48.7 Å². The van der Waals surface area contributed by atoms with Crippen LogP contribution in [0.25, 0.3) is 0 Å². The van der Waals surface area contributed by atoms with Gasteiger partial charge in [-0.15, -0.1) is 0 Å². The van der Waals surface area contributed by atoms with Gasteiger partial charge in [0.15, 0.2) is 0 Å². The third kappa shape index (κ3) is 3.99. The number of hydrogen-bond donors (Lipinski definition) is 1. The molecule has 1 aromatic carbocycles. The lowest BCUT2D eigenvalue weighted by Gasteiger charge is -2.36. The summed E-state index contributed by atoms with van der Waals surface area (Å²) in [5.74, 6) is -0.878. The van der Waals surface area contributed by atoms with E-state index >= 15 is 0 Å². The molecule has 108 valence electrons. The molecule has 0 aliphatic carbocycles. The highest BCUT2D eigenvalue weighted by Crippen LogP contribution is 2.26. The van der Waals surface area contributed by atoms with Gasteiger partial charge in [0.05, 0.1) is 10.7 Å². The molecule has 0 atom stereocenters. The number of benzene rings is 1. The van der Waals surface area contributed by atoms with E-state index in [2.05, 4.69) is 9.80 Å². The van der Waals surface area contributed by atoms with E-state index in [0.29, 0.717) is 6.54 Å². The lowest BCUT2D eigenvalue weighted by Crippen LogP contribution is -2.46. The average Bonchev–Trinajstić information content (AvgIpc) is 2.39. The zero-order valence-corrected chi connectivity index (χ0v) is 12.3. The number of piperazine rings is 1. The molecule has 0 bridgehead atoms. The normalized spacial score (nSPS) is 17.3. The van der Waals surface area contributed by atoms with Crippen molar-refractivity contribution in [2.75, 3.05) is 37.6 Å². The minimum Gasteiger partial charge on any atom is -0.478 e. The standard InChI is InChI=1S/C15H19ClN2O2/c1-12(10-15(19)20)11-17-6-8-18(9-7-17)14-5-3-2-4-13(14)16/h2-5,10H,6-9,11H2,1H3,(H,19,20). The van der Waals surface area contributed by atoms with Crippen LogP contribution in [0, 0.1) is 0 Å². The summed E-state index contributed by atoms with van der Waals surface area (Å²) in [4.78, 5) is 15.1. The molecule has 0 unspecified atom stereocenters. The van der Waals surface area contributed by atoms with Gasteiger partial charge >= 0.3 is 5.97 Å². The minimum absolute atomic E-state index is 0.711. The summed E-state index contributed by atoms with van der Waals surface area (Å²) < 4.78 is 0. The van der Waals surface area contributed by atoms with E-state index in [-0.39, 0.29) is 0 Å². The highest BCUT2D eigenvalue weighted by molar-refractivity contribution is 6.33. The Morgan fingerprint density at radius 2 is 1.95 bits per heavy atom. The van der Waals surface area contributed by atoms with Gasteiger partial charge in [-0.05, 0) is 19.1 Å². The monoisotopic (exact) mass is 294 g/mol. The molecular weight excluding hydrogens is 276 g/mol. The van der Waals surface area contributed by atoms with Crippen LogP contribution in [0.5, 0.6) is 0 Å². The number of carboxylic acids is 1. The van der Waals surface area contributed by atoms with Crippen molar-refractivity contribution in [3.8, 4) is 0 Å². The number of aliphatic carboxylic acids is 1. The lowest BCUT2D eigenvalue weighted by molar-refractivity contribution is -0.131. The Morgan fingerprint density at radius 3 is 2.55 bits per heavy atom. The van der Waals surface area contributed by atoms with Crippen molar-refractivity contribution in [3.63, 3.8) is 0 Å². The largest absolute Gasteiger partial charge is 0.478 e. The van der Waals surface area contributed by atoms with Gasteiger partial charge in [0, 0.05) is 38.8 Å². The molecule has 0 amide bonds. The fraction of sp³-hybridized carbons (Fsp3) is 0.400. The SMILES string of the molecule is CC(=CC(=O)O)CN1CCN(c2ccccc2Cl)CC1. The molecular formula is C15H19ClN2O2. The van der Waals surface area contributed by atoms with Crippen molar-refractivity contribution in [1.29, 1.82) is 0 Å². The molecule has 4 nitrogen and oxygen atoms in total. The Kier molecular flexibility index (Phi) is 5.04. The molecule has 0 radical (unpaired) electrons. The van der Waals surface area contributed by atoms with Crippen LogP contribution >= 0.6 is 11.6 Å². The molecule has 1 heterocycles. The smallest absolute Gasteiger partial charge is 0.328 e. The van der Waals surface area contributed by atoms with Crippen LogP contribution in [-0.2, 0) is 4.79 Å². The van der Waals surface area contributed by atoms with E-state index in [9.17, 15) is 4.79 Å². The maximum atomic E-state index is 10.6. The maximum Gasteiger partial charge on any atom is 0.328 e. The van der Waals surface area contributed by atoms with Crippen LogP contribution in [0.15, 0.2) is 35.9 Å². The summed E-state index contributed by atoms with van der Waals surface area (Å²) in [6, 6.07) is 7.87. The summed E-state index contributed by atoms with van der Waals surface area (Å²) in [7, 11) is 0. The zero-order valence-electron chi connectivity index (χ0n) is 11.6. The topological polar surface area (TPSA) is 43.8 Å². The number of nitrogens with zero attached hydrogens (tertiary/aromatic N) is 2. The van der Waals surface area contributed by atoms with Crippen LogP contribution in [0.1, 0.15) is 6.92 Å².